The van der Waals surface area contributed by atoms with Gasteiger partial charge in [-0.15, -0.1) is 0 Å². The molecule has 4 N–H and O–H groups in total. The Hall–Kier alpha value is -3.99. The molecule has 48 heavy (non-hydrogen) atoms. The van der Waals surface area contributed by atoms with Gasteiger partial charge in [-0.3, -0.25) is 24.1 Å². The maximum absolute atomic E-state index is 14.7. The van der Waals surface area contributed by atoms with E-state index in [0.29, 0.717) is 23.0 Å². The Kier molecular flexibility index (Phi) is 10.6. The molecule has 4 amide bonds. The lowest BCUT2D eigenvalue weighted by atomic mass is 9.96. The number of hydrogen-bond donors (Lipinski definition) is 3. The van der Waals surface area contributed by atoms with Crippen LogP contribution in [0.4, 0.5) is 0 Å². The van der Waals surface area contributed by atoms with Crippen molar-refractivity contribution in [1.82, 2.24) is 25.3 Å². The van der Waals surface area contributed by atoms with E-state index in [1.54, 1.807) is 29.2 Å². The average molecular weight is 673 g/mol. The number of hydrogen-bond acceptors (Lipinski definition) is 6. The van der Waals surface area contributed by atoms with Gasteiger partial charge in [0.25, 0.3) is 5.91 Å². The minimum atomic E-state index is -1.06. The summed E-state index contributed by atoms with van der Waals surface area (Å²) < 4.78 is 0. The van der Waals surface area contributed by atoms with Crippen LogP contribution in [-0.4, -0.2) is 95.2 Å². The van der Waals surface area contributed by atoms with Crippen molar-refractivity contribution in [2.24, 2.45) is 5.73 Å². The number of piperidine rings is 1. The molecule has 4 atom stereocenters. The number of rotatable bonds is 9. The van der Waals surface area contributed by atoms with Crippen molar-refractivity contribution in [3.8, 4) is 0 Å². The number of fused-ring (bicyclic) bond motifs is 1. The highest BCUT2D eigenvalue weighted by Gasteiger charge is 2.43. The zero-order chi connectivity index (χ0) is 33.8. The lowest BCUT2D eigenvalue weighted by Gasteiger charge is -2.36. The highest BCUT2D eigenvalue weighted by atomic mass is 35.5. The van der Waals surface area contributed by atoms with Gasteiger partial charge in [0.2, 0.25) is 17.7 Å². The van der Waals surface area contributed by atoms with E-state index in [-0.39, 0.29) is 43.4 Å². The Morgan fingerprint density at radius 2 is 1.73 bits per heavy atom. The van der Waals surface area contributed by atoms with Crippen LogP contribution in [0.5, 0.6) is 0 Å². The van der Waals surface area contributed by atoms with Gasteiger partial charge in [0.15, 0.2) is 0 Å². The molecule has 10 nitrogen and oxygen atoms in total. The second-order valence-electron chi connectivity index (χ2n) is 13.3. The summed E-state index contributed by atoms with van der Waals surface area (Å²) >= 11 is 6.41. The van der Waals surface area contributed by atoms with Crippen molar-refractivity contribution in [3.63, 3.8) is 0 Å². The number of carbonyl (C=O) groups excluding carboxylic acids is 4. The molecule has 0 saturated carbocycles. The van der Waals surface area contributed by atoms with Gasteiger partial charge in [-0.1, -0.05) is 66.2 Å². The van der Waals surface area contributed by atoms with Crippen LogP contribution in [0.1, 0.15) is 56.2 Å². The van der Waals surface area contributed by atoms with E-state index in [4.69, 9.17) is 17.3 Å². The molecular weight excluding hydrogens is 628 g/mol. The molecule has 0 aromatic heterocycles. The largest absolute Gasteiger partial charge is 0.368 e. The third-order valence-electron chi connectivity index (χ3n) is 10.3. The molecule has 0 radical (unpaired) electrons. The summed E-state index contributed by atoms with van der Waals surface area (Å²) in [6, 6.07) is 18.4. The number of likely N-dealkylation sites (tertiary alicyclic amines) is 1. The predicted molar refractivity (Wildman–Crippen MR) is 186 cm³/mol. The van der Waals surface area contributed by atoms with Crippen molar-refractivity contribution < 1.29 is 19.2 Å². The summed E-state index contributed by atoms with van der Waals surface area (Å²) in [4.78, 5) is 60.8. The topological polar surface area (TPSA) is 128 Å². The van der Waals surface area contributed by atoms with Gasteiger partial charge >= 0.3 is 0 Å². The molecule has 3 heterocycles. The first-order valence-electron chi connectivity index (χ1n) is 17.1. The zero-order valence-corrected chi connectivity index (χ0v) is 28.2. The zero-order valence-electron chi connectivity index (χ0n) is 27.4. The number of nitrogens with two attached hydrogens (primary N) is 1. The van der Waals surface area contributed by atoms with Gasteiger partial charge in [0.05, 0.1) is 12.6 Å². The molecule has 3 aromatic rings. The summed E-state index contributed by atoms with van der Waals surface area (Å²) in [6.07, 6.45) is 4.36. The maximum Gasteiger partial charge on any atom is 0.250 e. The first-order valence-corrected chi connectivity index (χ1v) is 17.5. The Morgan fingerprint density at radius 3 is 2.50 bits per heavy atom. The standard InChI is InChI=1S/C37H45ClN6O4/c1-24-16-20-43(32(35(39)46)22-26-9-4-8-25-7-2-3-12-30(25)26)37(48)34(27-10-5-11-28(38)21-27)44(24)33(45)23-41-36(47)31-13-6-19-42(31)29-14-17-40-18-15-29/h2-5,7-12,21,24,29,31-32,34,40H,6,13-20,22-23H2,1H3,(H2,39,46)(H,41,47). The summed E-state index contributed by atoms with van der Waals surface area (Å²) in [5.74, 6) is -1.54. The number of carbonyl (C=O) groups is 4. The van der Waals surface area contributed by atoms with E-state index < -0.39 is 23.9 Å². The van der Waals surface area contributed by atoms with Crippen molar-refractivity contribution in [3.05, 3.63) is 82.9 Å². The fraction of sp³-hybridized carbons (Fsp3) is 0.459. The average Bonchev–Trinajstić information content (AvgIpc) is 3.55. The molecule has 0 bridgehead atoms. The van der Waals surface area contributed by atoms with Crippen molar-refractivity contribution >= 4 is 46.0 Å². The molecule has 254 valence electrons. The monoisotopic (exact) mass is 672 g/mol. The number of primary amides is 1. The van der Waals surface area contributed by atoms with Crippen molar-refractivity contribution in [2.45, 2.75) is 75.7 Å². The van der Waals surface area contributed by atoms with Gasteiger partial charge in [-0.25, -0.2) is 0 Å². The van der Waals surface area contributed by atoms with Gasteiger partial charge in [0, 0.05) is 30.1 Å². The van der Waals surface area contributed by atoms with Crippen LogP contribution in [0, 0.1) is 0 Å². The first kappa shape index (κ1) is 33.9. The molecule has 3 saturated heterocycles. The molecule has 6 rings (SSSR count). The third-order valence-corrected chi connectivity index (χ3v) is 10.5. The molecule has 4 unspecified atom stereocenters. The summed E-state index contributed by atoms with van der Waals surface area (Å²) in [7, 11) is 0. The maximum atomic E-state index is 14.7. The number of nitrogens with one attached hydrogen (secondary N) is 2. The van der Waals surface area contributed by atoms with E-state index in [0.717, 1.165) is 61.7 Å². The second kappa shape index (κ2) is 15.1. The van der Waals surface area contributed by atoms with Crippen LogP contribution in [0.15, 0.2) is 66.7 Å². The molecule has 3 aliphatic heterocycles. The smallest absolute Gasteiger partial charge is 0.250 e. The molecule has 3 aliphatic rings. The lowest BCUT2D eigenvalue weighted by molar-refractivity contribution is -0.148. The summed E-state index contributed by atoms with van der Waals surface area (Å²) in [5.41, 5.74) is 7.47. The molecule has 0 spiro atoms. The van der Waals surface area contributed by atoms with E-state index >= 15 is 0 Å². The Morgan fingerprint density at radius 1 is 0.979 bits per heavy atom. The Balaban J connectivity index is 1.25. The van der Waals surface area contributed by atoms with Crippen LogP contribution in [0.3, 0.4) is 0 Å². The fourth-order valence-electron chi connectivity index (χ4n) is 7.85. The number of nitrogens with zero attached hydrogens (tertiary/aromatic N) is 3. The van der Waals surface area contributed by atoms with Crippen LogP contribution in [0.2, 0.25) is 5.02 Å². The minimum Gasteiger partial charge on any atom is -0.368 e. The number of benzene rings is 3. The highest BCUT2D eigenvalue weighted by molar-refractivity contribution is 6.30. The van der Waals surface area contributed by atoms with Gasteiger partial charge in [-0.05, 0) is 92.7 Å². The van der Waals surface area contributed by atoms with E-state index in [1.165, 1.54) is 4.90 Å². The molecule has 0 aliphatic carbocycles. The number of halogens is 1. The highest BCUT2D eigenvalue weighted by Crippen LogP contribution is 2.33. The SMILES string of the molecule is CC1CCN(C(Cc2cccc3ccccc23)C(N)=O)C(=O)C(c2cccc(Cl)c2)N1C(=O)CNC(=O)C1CCCN1C1CCNCC1. The van der Waals surface area contributed by atoms with Crippen LogP contribution in [-0.2, 0) is 25.6 Å². The lowest BCUT2D eigenvalue weighted by Crippen LogP contribution is -2.54. The van der Waals surface area contributed by atoms with Crippen LogP contribution in [0.25, 0.3) is 10.8 Å². The normalized spacial score (nSPS) is 23.2. The van der Waals surface area contributed by atoms with E-state index in [9.17, 15) is 19.2 Å². The molecule has 3 fully saturated rings. The van der Waals surface area contributed by atoms with Gasteiger partial charge in [-0.2, -0.15) is 0 Å². The van der Waals surface area contributed by atoms with Crippen molar-refractivity contribution in [1.29, 1.82) is 0 Å². The molecular formula is C37H45ClN6O4. The van der Waals surface area contributed by atoms with Crippen molar-refractivity contribution in [2.75, 3.05) is 32.7 Å². The summed E-state index contributed by atoms with van der Waals surface area (Å²) in [6.45, 7) is 4.65. The first-order chi connectivity index (χ1) is 23.2. The Bertz CT molecular complexity index is 1660. The Labute approximate surface area is 286 Å². The van der Waals surface area contributed by atoms with Crippen LogP contribution >= 0.6 is 11.6 Å². The van der Waals surface area contributed by atoms with Gasteiger partial charge in [0.1, 0.15) is 12.1 Å². The number of amides is 4. The third kappa shape index (κ3) is 7.21. The molecule has 3 aromatic carbocycles. The molecule has 11 heteroatoms. The minimum absolute atomic E-state index is 0.155. The quantitative estimate of drug-likeness (QED) is 0.320. The predicted octanol–water partition coefficient (Wildman–Crippen LogP) is 3.41. The fourth-order valence-corrected chi connectivity index (χ4v) is 8.04. The van der Waals surface area contributed by atoms with E-state index in [1.807, 2.05) is 49.4 Å². The van der Waals surface area contributed by atoms with Crippen LogP contribution < -0.4 is 16.4 Å². The van der Waals surface area contributed by atoms with Gasteiger partial charge < -0.3 is 26.2 Å². The second-order valence-corrected chi connectivity index (χ2v) is 13.7. The van der Waals surface area contributed by atoms with E-state index in [2.05, 4.69) is 15.5 Å². The summed E-state index contributed by atoms with van der Waals surface area (Å²) in [5, 5.41) is 8.74.